The van der Waals surface area contributed by atoms with Gasteiger partial charge in [0.1, 0.15) is 11.0 Å². The maximum Gasteiger partial charge on any atom is 0.416 e. The van der Waals surface area contributed by atoms with E-state index in [1.54, 1.807) is 13.0 Å². The second-order valence-corrected chi connectivity index (χ2v) is 6.83. The third kappa shape index (κ3) is 3.37. The van der Waals surface area contributed by atoms with E-state index in [2.05, 4.69) is 10.2 Å². The highest BCUT2D eigenvalue weighted by Gasteiger charge is 2.33. The number of hydrogen-bond acceptors (Lipinski definition) is 3. The van der Waals surface area contributed by atoms with Gasteiger partial charge in [0, 0.05) is 11.3 Å². The number of nitrogens with one attached hydrogen (secondary N) is 1. The van der Waals surface area contributed by atoms with E-state index < -0.39 is 22.5 Å². The van der Waals surface area contributed by atoms with Crippen LogP contribution in [-0.2, 0) is 17.0 Å². The smallest absolute Gasteiger partial charge is 0.275 e. The molecule has 2 rings (SSSR count). The van der Waals surface area contributed by atoms with Gasteiger partial charge in [-0.3, -0.25) is 9.31 Å². The van der Waals surface area contributed by atoms with E-state index in [1.165, 1.54) is 0 Å². The molecule has 1 heterocycles. The molecule has 0 bridgehead atoms. The van der Waals surface area contributed by atoms with E-state index >= 15 is 0 Å². The van der Waals surface area contributed by atoms with Crippen molar-refractivity contribution in [3.63, 3.8) is 0 Å². The van der Waals surface area contributed by atoms with Gasteiger partial charge in [-0.25, -0.2) is 0 Å². The van der Waals surface area contributed by atoms with Gasteiger partial charge in [0.2, 0.25) is 0 Å². The topological polar surface area (TPSA) is 69.5 Å². The molecule has 122 valence electrons. The molecule has 4 nitrogen and oxygen atoms in total. The van der Waals surface area contributed by atoms with Crippen LogP contribution in [0.15, 0.2) is 17.0 Å². The Labute approximate surface area is 141 Å². The van der Waals surface area contributed by atoms with E-state index in [9.17, 15) is 17.4 Å². The minimum Gasteiger partial charge on any atom is -0.275 e. The average molecular weight is 382 g/mol. The van der Waals surface area contributed by atoms with Crippen LogP contribution in [0.2, 0.25) is 10.0 Å². The van der Waals surface area contributed by atoms with Gasteiger partial charge >= 0.3 is 6.18 Å². The summed E-state index contributed by atoms with van der Waals surface area (Å²) in [5.41, 5.74) is -1.03. The Morgan fingerprint density at radius 3 is 2.35 bits per heavy atom. The lowest BCUT2D eigenvalue weighted by Crippen LogP contribution is -2.05. The molecule has 10 heteroatoms. The Bertz CT molecular complexity index is 804. The number of rotatable bonds is 3. The second kappa shape index (κ2) is 6.51. The highest BCUT2D eigenvalue weighted by Crippen LogP contribution is 2.41. The predicted octanol–water partition coefficient (Wildman–Crippen LogP) is 4.40. The molecule has 1 unspecified atom stereocenters. The van der Waals surface area contributed by atoms with E-state index in [4.69, 9.17) is 28.5 Å². The van der Waals surface area contributed by atoms with Crippen molar-refractivity contribution >= 4 is 34.0 Å². The molecule has 1 aromatic heterocycles. The van der Waals surface area contributed by atoms with Crippen LogP contribution in [0.5, 0.6) is 0 Å². The summed E-state index contributed by atoms with van der Waals surface area (Å²) < 4.78 is 50.5. The summed E-state index contributed by atoms with van der Waals surface area (Å²) in [6.45, 7) is 1.63. The number of halogens is 5. The third-order valence-corrected chi connectivity index (χ3v) is 4.91. The largest absolute Gasteiger partial charge is 0.416 e. The fourth-order valence-corrected chi connectivity index (χ4v) is 3.57. The lowest BCUT2D eigenvalue weighted by molar-refractivity contribution is -0.137. The first kappa shape index (κ1) is 17.8. The molecule has 23 heavy (non-hydrogen) atoms. The number of H-pyrrole nitrogens is 1. The molecule has 0 fully saturated rings. The summed E-state index contributed by atoms with van der Waals surface area (Å²) in [7, 11) is -1.58. The molecule has 0 aliphatic heterocycles. The van der Waals surface area contributed by atoms with Crippen molar-refractivity contribution in [2.24, 2.45) is 0 Å². The van der Waals surface area contributed by atoms with E-state index in [-0.39, 0.29) is 37.6 Å². The second-order valence-electron chi connectivity index (χ2n) is 4.33. The summed E-state index contributed by atoms with van der Waals surface area (Å²) in [6.07, 6.45) is -4.60. The van der Waals surface area contributed by atoms with Gasteiger partial charge in [0.15, 0.2) is 5.69 Å². The van der Waals surface area contributed by atoms with Crippen molar-refractivity contribution in [2.75, 3.05) is 5.75 Å². The van der Waals surface area contributed by atoms with Crippen LogP contribution in [0.1, 0.15) is 18.2 Å². The fourth-order valence-electron chi connectivity index (χ4n) is 1.92. The van der Waals surface area contributed by atoms with Gasteiger partial charge in [0.05, 0.1) is 32.1 Å². The van der Waals surface area contributed by atoms with Crippen molar-refractivity contribution in [1.82, 2.24) is 10.2 Å². The number of alkyl halides is 3. The maximum atomic E-state index is 12.8. The molecule has 0 spiro atoms. The van der Waals surface area contributed by atoms with Gasteiger partial charge in [-0.15, -0.1) is 0 Å². The number of aromatic nitrogens is 2. The molecule has 1 aromatic carbocycles. The third-order valence-electron chi connectivity index (χ3n) is 2.94. The molecule has 0 radical (unpaired) electrons. The van der Waals surface area contributed by atoms with Crippen molar-refractivity contribution in [3.05, 3.63) is 33.4 Å². The maximum absolute atomic E-state index is 12.8. The molecule has 2 aromatic rings. The minimum atomic E-state index is -4.60. The molecule has 0 saturated carbocycles. The molecular weight excluding hydrogens is 374 g/mol. The first-order chi connectivity index (χ1) is 10.7. The Morgan fingerprint density at radius 2 is 1.91 bits per heavy atom. The molecule has 0 saturated heterocycles. The van der Waals surface area contributed by atoms with Crippen LogP contribution in [0.4, 0.5) is 13.2 Å². The normalized spacial score (nSPS) is 12.9. The van der Waals surface area contributed by atoms with Crippen LogP contribution in [0.3, 0.4) is 0 Å². The quantitative estimate of drug-likeness (QED) is 0.856. The number of aromatic amines is 1. The molecule has 1 atom stereocenters. The SMILES string of the molecule is CCS(=O)c1c(C#N)n[nH]c1-c1c(Cl)cc(C(F)(F)F)cc1Cl. The summed E-state index contributed by atoms with van der Waals surface area (Å²) in [4.78, 5) is 0.0681. The van der Waals surface area contributed by atoms with Crippen molar-refractivity contribution < 1.29 is 17.4 Å². The lowest BCUT2D eigenvalue weighted by atomic mass is 10.1. The Hall–Kier alpha value is -1.56. The lowest BCUT2D eigenvalue weighted by Gasteiger charge is -2.12. The Kier molecular flexibility index (Phi) is 5.04. The zero-order valence-electron chi connectivity index (χ0n) is 11.5. The zero-order valence-corrected chi connectivity index (χ0v) is 13.8. The monoisotopic (exact) mass is 381 g/mol. The van der Waals surface area contributed by atoms with E-state index in [1.807, 2.05) is 0 Å². The average Bonchev–Trinajstić information content (AvgIpc) is 2.88. The molecular formula is C13H8Cl2F3N3OS. The van der Waals surface area contributed by atoms with Crippen molar-refractivity contribution in [1.29, 1.82) is 5.26 Å². The standard InChI is InChI=1S/C13H8Cl2F3N3OS/c1-2-23(22)12-9(5-19)20-21-11(12)10-7(14)3-6(4-8(10)15)13(16,17)18/h3-4H,2H2,1H3,(H,20,21). The number of hydrogen-bond donors (Lipinski definition) is 1. The van der Waals surface area contributed by atoms with Crippen LogP contribution in [-0.4, -0.2) is 20.2 Å². The number of nitriles is 1. The van der Waals surface area contributed by atoms with Gasteiger partial charge < -0.3 is 0 Å². The first-order valence-electron chi connectivity index (χ1n) is 6.14. The molecule has 0 aliphatic rings. The van der Waals surface area contributed by atoms with Gasteiger partial charge in [0.25, 0.3) is 0 Å². The highest BCUT2D eigenvalue weighted by atomic mass is 35.5. The first-order valence-corrected chi connectivity index (χ1v) is 8.21. The van der Waals surface area contributed by atoms with Crippen LogP contribution < -0.4 is 0 Å². The zero-order chi connectivity index (χ0) is 17.4. The van der Waals surface area contributed by atoms with Crippen molar-refractivity contribution in [3.8, 4) is 17.3 Å². The summed E-state index contributed by atoms with van der Waals surface area (Å²) >= 11 is 11.9. The van der Waals surface area contributed by atoms with E-state index in [0.29, 0.717) is 12.1 Å². The minimum absolute atomic E-state index is 0.0205. The van der Waals surface area contributed by atoms with Gasteiger partial charge in [-0.1, -0.05) is 30.1 Å². The van der Waals surface area contributed by atoms with Gasteiger partial charge in [-0.2, -0.15) is 23.5 Å². The summed E-state index contributed by atoms with van der Waals surface area (Å²) in [5.74, 6) is 0.192. The Balaban J connectivity index is 2.72. The molecule has 0 aliphatic carbocycles. The molecule has 0 amide bonds. The van der Waals surface area contributed by atoms with E-state index in [0.717, 1.165) is 0 Å². The fraction of sp³-hybridized carbons (Fsp3) is 0.231. The van der Waals surface area contributed by atoms with Gasteiger partial charge in [-0.05, 0) is 12.1 Å². The summed E-state index contributed by atoms with van der Waals surface area (Å²) in [6, 6.07) is 3.21. The molecule has 1 N–H and O–H groups in total. The highest BCUT2D eigenvalue weighted by molar-refractivity contribution is 7.85. The van der Waals surface area contributed by atoms with Crippen molar-refractivity contribution in [2.45, 2.75) is 18.0 Å². The van der Waals surface area contributed by atoms with Crippen LogP contribution in [0.25, 0.3) is 11.3 Å². The number of nitrogens with zero attached hydrogens (tertiary/aromatic N) is 2. The summed E-state index contributed by atoms with van der Waals surface area (Å²) in [5, 5.41) is 14.7. The number of benzene rings is 1. The Morgan fingerprint density at radius 1 is 1.35 bits per heavy atom. The van der Waals surface area contributed by atoms with Crippen LogP contribution in [0, 0.1) is 11.3 Å². The predicted molar refractivity (Wildman–Crippen MR) is 80.7 cm³/mol. The van der Waals surface area contributed by atoms with Crippen LogP contribution >= 0.6 is 23.2 Å².